The third-order valence-corrected chi connectivity index (χ3v) is 6.41. The minimum Gasteiger partial charge on any atom is -0.452 e. The maximum absolute atomic E-state index is 12.3. The number of nitrogens with zero attached hydrogens (tertiary/aromatic N) is 2. The number of piperidine rings is 1. The molecule has 7 nitrogen and oxygen atoms in total. The molecule has 0 N–H and O–H groups in total. The number of esters is 1. The van der Waals surface area contributed by atoms with Gasteiger partial charge in [-0.3, -0.25) is 4.79 Å². The molecule has 1 heterocycles. The predicted molar refractivity (Wildman–Crippen MR) is 97.6 cm³/mol. The van der Waals surface area contributed by atoms with Gasteiger partial charge in [0.2, 0.25) is 10.0 Å². The van der Waals surface area contributed by atoms with Gasteiger partial charge in [0.25, 0.3) is 5.91 Å². The van der Waals surface area contributed by atoms with Gasteiger partial charge in [-0.15, -0.1) is 0 Å². The number of sulfonamides is 1. The summed E-state index contributed by atoms with van der Waals surface area (Å²) in [5.74, 6) is -0.673. The van der Waals surface area contributed by atoms with Gasteiger partial charge in [0.05, 0.1) is 15.5 Å². The van der Waals surface area contributed by atoms with E-state index < -0.39 is 22.6 Å². The normalized spacial score (nSPS) is 18.0. The number of ether oxygens (including phenoxy) is 1. The Morgan fingerprint density at radius 3 is 2.65 bits per heavy atom. The van der Waals surface area contributed by atoms with Crippen molar-refractivity contribution in [2.45, 2.75) is 24.7 Å². The van der Waals surface area contributed by atoms with Gasteiger partial charge in [0, 0.05) is 27.2 Å². The highest BCUT2D eigenvalue weighted by atomic mass is 35.5. The fourth-order valence-electron chi connectivity index (χ4n) is 2.74. The Labute approximate surface area is 158 Å². The molecule has 1 saturated heterocycles. The van der Waals surface area contributed by atoms with Crippen molar-refractivity contribution in [3.8, 4) is 0 Å². The Hall–Kier alpha value is -1.64. The largest absolute Gasteiger partial charge is 0.452 e. The van der Waals surface area contributed by atoms with Crippen LogP contribution in [0.3, 0.4) is 0 Å². The van der Waals surface area contributed by atoms with Crippen molar-refractivity contribution in [1.82, 2.24) is 9.21 Å². The van der Waals surface area contributed by atoms with Crippen molar-refractivity contribution in [1.29, 1.82) is 0 Å². The molecule has 1 amide bonds. The van der Waals surface area contributed by atoms with Crippen molar-refractivity contribution in [2.75, 3.05) is 33.8 Å². The first-order chi connectivity index (χ1) is 12.1. The lowest BCUT2D eigenvalue weighted by Crippen LogP contribution is -2.41. The van der Waals surface area contributed by atoms with Crippen LogP contribution in [-0.2, 0) is 19.6 Å². The topological polar surface area (TPSA) is 84.0 Å². The van der Waals surface area contributed by atoms with Crippen LogP contribution in [0, 0.1) is 5.92 Å². The molecule has 26 heavy (non-hydrogen) atoms. The number of halogens is 1. The van der Waals surface area contributed by atoms with Crippen LogP contribution in [0.1, 0.15) is 30.1 Å². The Morgan fingerprint density at radius 1 is 1.35 bits per heavy atom. The molecule has 144 valence electrons. The highest BCUT2D eigenvalue weighted by molar-refractivity contribution is 7.89. The van der Waals surface area contributed by atoms with Gasteiger partial charge in [0.1, 0.15) is 0 Å². The first-order valence-electron chi connectivity index (χ1n) is 8.30. The van der Waals surface area contributed by atoms with Crippen LogP contribution in [-0.4, -0.2) is 63.3 Å². The number of benzene rings is 1. The smallest absolute Gasteiger partial charge is 0.340 e. The Balaban J connectivity index is 2.08. The van der Waals surface area contributed by atoms with Crippen LogP contribution in [0.15, 0.2) is 23.1 Å². The van der Waals surface area contributed by atoms with E-state index in [9.17, 15) is 18.0 Å². The van der Waals surface area contributed by atoms with E-state index in [1.165, 1.54) is 26.2 Å². The molecule has 2 rings (SSSR count). The van der Waals surface area contributed by atoms with Crippen molar-refractivity contribution < 1.29 is 22.7 Å². The molecule has 9 heteroatoms. The number of carbonyl (C=O) groups is 2. The van der Waals surface area contributed by atoms with Crippen molar-refractivity contribution in [3.05, 3.63) is 28.8 Å². The van der Waals surface area contributed by atoms with Gasteiger partial charge in [-0.05, 0) is 37.0 Å². The third-order valence-electron chi connectivity index (χ3n) is 4.27. The van der Waals surface area contributed by atoms with E-state index in [-0.39, 0.29) is 21.4 Å². The molecule has 1 aliphatic rings. The average molecular weight is 403 g/mol. The quantitative estimate of drug-likeness (QED) is 0.703. The first kappa shape index (κ1) is 20.7. The van der Waals surface area contributed by atoms with Crippen molar-refractivity contribution >= 4 is 33.5 Å². The van der Waals surface area contributed by atoms with E-state index in [2.05, 4.69) is 6.92 Å². The minimum absolute atomic E-state index is 0.0618. The number of carbonyl (C=O) groups excluding carboxylic acids is 2. The molecule has 1 atom stereocenters. The zero-order chi connectivity index (χ0) is 19.5. The highest BCUT2D eigenvalue weighted by Crippen LogP contribution is 2.23. The minimum atomic E-state index is -3.71. The number of hydrogen-bond donors (Lipinski definition) is 0. The standard InChI is InChI=1S/C17H23ClN2O5S/c1-12-5-4-8-20(10-12)16(21)11-25-17(22)14-9-13(6-7-15(14)18)26(23,24)19(2)3/h6-7,9,12H,4-5,8,10-11H2,1-3H3/t12-/m0/s1. The van der Waals surface area contributed by atoms with Gasteiger partial charge in [-0.1, -0.05) is 18.5 Å². The summed E-state index contributed by atoms with van der Waals surface area (Å²) in [6.45, 7) is 2.97. The summed E-state index contributed by atoms with van der Waals surface area (Å²) in [4.78, 5) is 26.1. The fourth-order valence-corrected chi connectivity index (χ4v) is 3.87. The lowest BCUT2D eigenvalue weighted by atomic mass is 10.0. The van der Waals surface area contributed by atoms with Gasteiger partial charge in [-0.2, -0.15) is 0 Å². The molecule has 0 aromatic heterocycles. The van der Waals surface area contributed by atoms with Gasteiger partial charge < -0.3 is 9.64 Å². The summed E-state index contributed by atoms with van der Waals surface area (Å²) in [5, 5.41) is 0.0618. The molecule has 0 saturated carbocycles. The molecule has 0 radical (unpaired) electrons. The summed E-state index contributed by atoms with van der Waals surface area (Å²) >= 11 is 6.00. The number of amides is 1. The first-order valence-corrected chi connectivity index (χ1v) is 10.1. The summed E-state index contributed by atoms with van der Waals surface area (Å²) in [7, 11) is -0.934. The van der Waals surface area contributed by atoms with E-state index in [1.54, 1.807) is 4.90 Å². The molecule has 1 fully saturated rings. The average Bonchev–Trinajstić information content (AvgIpc) is 2.59. The highest BCUT2D eigenvalue weighted by Gasteiger charge is 2.24. The summed E-state index contributed by atoms with van der Waals surface area (Å²) in [6.07, 6.45) is 2.00. The number of hydrogen-bond acceptors (Lipinski definition) is 5. The molecular weight excluding hydrogens is 380 g/mol. The zero-order valence-electron chi connectivity index (χ0n) is 15.1. The van der Waals surface area contributed by atoms with Crippen LogP contribution in [0.2, 0.25) is 5.02 Å². The van der Waals surface area contributed by atoms with E-state index >= 15 is 0 Å². The van der Waals surface area contributed by atoms with Crippen LogP contribution in [0.4, 0.5) is 0 Å². The Kier molecular flexibility index (Phi) is 6.65. The van der Waals surface area contributed by atoms with Crippen LogP contribution in [0.5, 0.6) is 0 Å². The van der Waals surface area contributed by atoms with E-state index in [0.29, 0.717) is 19.0 Å². The van der Waals surface area contributed by atoms with Crippen molar-refractivity contribution in [3.63, 3.8) is 0 Å². The van der Waals surface area contributed by atoms with Crippen LogP contribution >= 0.6 is 11.6 Å². The molecule has 0 spiro atoms. The van der Waals surface area contributed by atoms with E-state index in [0.717, 1.165) is 23.2 Å². The van der Waals surface area contributed by atoms with E-state index in [4.69, 9.17) is 16.3 Å². The third kappa shape index (κ3) is 4.75. The van der Waals surface area contributed by atoms with Crippen molar-refractivity contribution in [2.24, 2.45) is 5.92 Å². The Morgan fingerprint density at radius 2 is 2.04 bits per heavy atom. The molecule has 1 aromatic rings. The summed E-state index contributed by atoms with van der Waals surface area (Å²) < 4.78 is 30.5. The molecular formula is C17H23ClN2O5S. The second kappa shape index (κ2) is 8.37. The van der Waals surface area contributed by atoms with Gasteiger partial charge in [0.15, 0.2) is 6.61 Å². The summed E-state index contributed by atoms with van der Waals surface area (Å²) in [5.41, 5.74) is -0.0885. The molecule has 1 aliphatic heterocycles. The lowest BCUT2D eigenvalue weighted by Gasteiger charge is -2.30. The molecule has 0 aliphatic carbocycles. The maximum atomic E-state index is 12.3. The number of rotatable bonds is 5. The Bertz CT molecular complexity index is 794. The second-order valence-corrected chi connectivity index (χ2v) is 9.15. The van der Waals surface area contributed by atoms with Gasteiger partial charge in [-0.25, -0.2) is 17.5 Å². The lowest BCUT2D eigenvalue weighted by molar-refractivity contribution is -0.136. The monoisotopic (exact) mass is 402 g/mol. The second-order valence-electron chi connectivity index (χ2n) is 6.59. The fraction of sp³-hybridized carbons (Fsp3) is 0.529. The van der Waals surface area contributed by atoms with E-state index in [1.807, 2.05) is 0 Å². The zero-order valence-corrected chi connectivity index (χ0v) is 16.6. The number of likely N-dealkylation sites (tertiary alicyclic amines) is 1. The van der Waals surface area contributed by atoms with Crippen LogP contribution in [0.25, 0.3) is 0 Å². The maximum Gasteiger partial charge on any atom is 0.340 e. The molecule has 0 unspecified atom stereocenters. The van der Waals surface area contributed by atoms with Crippen LogP contribution < -0.4 is 0 Å². The molecule has 0 bridgehead atoms. The molecule has 1 aromatic carbocycles. The summed E-state index contributed by atoms with van der Waals surface area (Å²) in [6, 6.07) is 3.80. The predicted octanol–water partition coefficient (Wildman–Crippen LogP) is 2.01. The van der Waals surface area contributed by atoms with Gasteiger partial charge >= 0.3 is 5.97 Å². The SMILES string of the molecule is C[C@H]1CCCN(C(=O)COC(=O)c2cc(S(=O)(=O)N(C)C)ccc2Cl)C1.